The highest BCUT2D eigenvalue weighted by Crippen LogP contribution is 2.41. The summed E-state index contributed by atoms with van der Waals surface area (Å²) >= 11 is 0. The summed E-state index contributed by atoms with van der Waals surface area (Å²) in [6.07, 6.45) is 2.76. The summed E-state index contributed by atoms with van der Waals surface area (Å²) in [5.74, 6) is 0.193. The van der Waals surface area contributed by atoms with E-state index in [0.29, 0.717) is 16.2 Å². The Morgan fingerprint density at radius 3 is 1.96 bits per heavy atom. The summed E-state index contributed by atoms with van der Waals surface area (Å²) < 4.78 is 6.30. The fourth-order valence-corrected chi connectivity index (χ4v) is 3.10. The van der Waals surface area contributed by atoms with Crippen LogP contribution in [0.4, 0.5) is 0 Å². The third kappa shape index (κ3) is 6.35. The van der Waals surface area contributed by atoms with Crippen molar-refractivity contribution in [2.24, 2.45) is 0 Å². The van der Waals surface area contributed by atoms with Crippen LogP contribution < -0.4 is 4.43 Å². The third-order valence-electron chi connectivity index (χ3n) is 4.14. The molecule has 2 radical (unpaired) electrons. The average Bonchev–Trinajstić information content (AvgIpc) is 2.48. The minimum absolute atomic E-state index is 0.0805. The number of benzene rings is 1. The van der Waals surface area contributed by atoms with Crippen molar-refractivity contribution in [2.75, 3.05) is 0 Å². The fraction of sp³-hybridized carbons (Fsp3) is 0.571. The molecule has 3 nitrogen and oxygen atoms in total. The molecule has 0 amide bonds. The van der Waals surface area contributed by atoms with E-state index in [0.717, 1.165) is 22.4 Å². The molecular formula is C21H32O3Si. The second-order valence-electron chi connectivity index (χ2n) is 8.59. The van der Waals surface area contributed by atoms with Crippen LogP contribution >= 0.6 is 0 Å². The Labute approximate surface area is 155 Å². The summed E-state index contributed by atoms with van der Waals surface area (Å²) in [6, 6.07) is 4.26. The van der Waals surface area contributed by atoms with Gasteiger partial charge in [0, 0.05) is 6.42 Å². The Bertz CT molecular complexity index is 611. The van der Waals surface area contributed by atoms with Gasteiger partial charge >= 0.3 is 15.7 Å². The molecule has 1 N–H and O–H groups in total. The van der Waals surface area contributed by atoms with Crippen LogP contribution in [0.5, 0.6) is 5.75 Å². The predicted octanol–water partition coefficient (Wildman–Crippen LogP) is 5.22. The number of aliphatic carboxylic acids is 1. The lowest BCUT2D eigenvalue weighted by Crippen LogP contribution is -2.22. The Hall–Kier alpha value is -1.55. The van der Waals surface area contributed by atoms with Crippen LogP contribution in [0, 0.1) is 0 Å². The molecule has 0 aromatic heterocycles. The molecule has 0 fully saturated rings. The number of rotatable bonds is 6. The Morgan fingerprint density at radius 2 is 1.60 bits per heavy atom. The second-order valence-corrected chi connectivity index (χ2v) is 9.79. The van der Waals surface area contributed by atoms with Crippen LogP contribution in [0.3, 0.4) is 0 Å². The van der Waals surface area contributed by atoms with Crippen LogP contribution in [0.2, 0.25) is 0 Å². The number of hydrogen-bond acceptors (Lipinski definition) is 2. The fourth-order valence-electron chi connectivity index (χ4n) is 2.50. The topological polar surface area (TPSA) is 46.5 Å². The number of carbonyl (C=O) groups is 1. The van der Waals surface area contributed by atoms with Crippen molar-refractivity contribution in [3.05, 3.63) is 40.1 Å². The van der Waals surface area contributed by atoms with Gasteiger partial charge < -0.3 is 9.53 Å². The smallest absolute Gasteiger partial charge is 0.346 e. The SMILES string of the molecule is C/C=C(\C)[Si]Oc1c(C(C)(C)C)cc(CCC(=O)O)cc1C(C)(C)C. The normalized spacial score (nSPS) is 13.0. The van der Waals surface area contributed by atoms with Gasteiger partial charge in [-0.15, -0.1) is 0 Å². The zero-order valence-corrected chi connectivity index (χ0v) is 17.9. The molecule has 0 saturated carbocycles. The number of aryl methyl sites for hydroxylation is 1. The average molecular weight is 361 g/mol. The van der Waals surface area contributed by atoms with E-state index < -0.39 is 5.97 Å². The maximum Gasteiger partial charge on any atom is 0.346 e. The van der Waals surface area contributed by atoms with E-state index in [1.807, 2.05) is 6.92 Å². The molecule has 0 spiro atoms. The van der Waals surface area contributed by atoms with Gasteiger partial charge in [-0.1, -0.05) is 59.8 Å². The summed E-state index contributed by atoms with van der Waals surface area (Å²) in [6.45, 7) is 17.1. The number of carboxylic acids is 1. The molecule has 0 atom stereocenters. The van der Waals surface area contributed by atoms with Gasteiger partial charge in [0.15, 0.2) is 0 Å². The lowest BCUT2D eigenvalue weighted by atomic mass is 9.78. The monoisotopic (exact) mass is 360 g/mol. The van der Waals surface area contributed by atoms with E-state index in [-0.39, 0.29) is 17.3 Å². The van der Waals surface area contributed by atoms with Gasteiger partial charge in [-0.3, -0.25) is 4.79 Å². The van der Waals surface area contributed by atoms with Crippen LogP contribution in [0.15, 0.2) is 23.4 Å². The second kappa shape index (κ2) is 8.22. The summed E-state index contributed by atoms with van der Waals surface area (Å²) in [4.78, 5) is 11.0. The maximum absolute atomic E-state index is 11.0. The molecule has 1 aromatic carbocycles. The quantitative estimate of drug-likeness (QED) is 0.707. The molecule has 0 unspecified atom stereocenters. The molecule has 25 heavy (non-hydrogen) atoms. The molecule has 4 heteroatoms. The molecule has 0 saturated heterocycles. The summed E-state index contributed by atoms with van der Waals surface area (Å²) in [5.41, 5.74) is 3.20. The van der Waals surface area contributed by atoms with Crippen molar-refractivity contribution in [3.8, 4) is 5.75 Å². The zero-order chi connectivity index (χ0) is 19.4. The molecule has 1 aromatic rings. The zero-order valence-electron chi connectivity index (χ0n) is 16.9. The maximum atomic E-state index is 11.0. The van der Waals surface area contributed by atoms with E-state index in [9.17, 15) is 4.79 Å². The van der Waals surface area contributed by atoms with Gasteiger partial charge in [-0.25, -0.2) is 0 Å². The Kier molecular flexibility index (Phi) is 7.06. The molecule has 138 valence electrons. The van der Waals surface area contributed by atoms with Crippen molar-refractivity contribution in [2.45, 2.75) is 79.1 Å². The first-order chi connectivity index (χ1) is 11.4. The van der Waals surface area contributed by atoms with Crippen LogP contribution in [-0.2, 0) is 22.0 Å². The molecule has 0 heterocycles. The highest BCUT2D eigenvalue weighted by molar-refractivity contribution is 6.38. The minimum atomic E-state index is -0.764. The summed E-state index contributed by atoms with van der Waals surface area (Å²) in [5, 5.41) is 10.2. The van der Waals surface area contributed by atoms with Crippen LogP contribution in [0.25, 0.3) is 0 Å². The van der Waals surface area contributed by atoms with Crippen molar-refractivity contribution in [1.82, 2.24) is 0 Å². The van der Waals surface area contributed by atoms with Gasteiger partial charge in [-0.2, -0.15) is 0 Å². The number of carboxylic acid groups (broad SMARTS) is 1. The van der Waals surface area contributed by atoms with Gasteiger partial charge in [-0.05, 0) is 53.0 Å². The number of allylic oxidation sites excluding steroid dienone is 2. The molecule has 0 aliphatic heterocycles. The number of hydrogen-bond donors (Lipinski definition) is 1. The van der Waals surface area contributed by atoms with Crippen molar-refractivity contribution in [1.29, 1.82) is 0 Å². The first kappa shape index (κ1) is 21.5. The highest BCUT2D eigenvalue weighted by Gasteiger charge is 2.28. The third-order valence-corrected chi connectivity index (χ3v) is 5.06. The van der Waals surface area contributed by atoms with Gasteiger partial charge in [0.25, 0.3) is 0 Å². The van der Waals surface area contributed by atoms with Crippen molar-refractivity contribution in [3.63, 3.8) is 0 Å². The van der Waals surface area contributed by atoms with Gasteiger partial charge in [0.05, 0.1) is 0 Å². The van der Waals surface area contributed by atoms with E-state index in [2.05, 4.69) is 66.7 Å². The van der Waals surface area contributed by atoms with E-state index in [4.69, 9.17) is 9.53 Å². The standard InChI is InChI=1S/C21H32O3Si/c1-9-14(2)25-24-19-16(20(3,4)5)12-15(10-11-18(22)23)13-17(19)21(6,7)8/h9,12-13H,10-11H2,1-8H3,(H,22,23)/b14-9+. The lowest BCUT2D eigenvalue weighted by molar-refractivity contribution is -0.136. The first-order valence-electron chi connectivity index (χ1n) is 8.81. The molecule has 0 bridgehead atoms. The molecule has 0 aliphatic carbocycles. The highest BCUT2D eigenvalue weighted by atomic mass is 28.2. The van der Waals surface area contributed by atoms with Gasteiger partial charge in [0.2, 0.25) is 0 Å². The Balaban J connectivity index is 3.50. The van der Waals surface area contributed by atoms with Crippen LogP contribution in [0.1, 0.15) is 78.5 Å². The van der Waals surface area contributed by atoms with E-state index >= 15 is 0 Å². The van der Waals surface area contributed by atoms with Crippen molar-refractivity contribution < 1.29 is 14.3 Å². The van der Waals surface area contributed by atoms with E-state index in [1.54, 1.807) is 0 Å². The van der Waals surface area contributed by atoms with E-state index in [1.165, 1.54) is 5.20 Å². The van der Waals surface area contributed by atoms with Gasteiger partial charge in [0.1, 0.15) is 5.75 Å². The predicted molar refractivity (Wildman–Crippen MR) is 106 cm³/mol. The molecule has 0 aliphatic rings. The lowest BCUT2D eigenvalue weighted by Gasteiger charge is -2.31. The summed E-state index contributed by atoms with van der Waals surface area (Å²) in [7, 11) is 0.295. The van der Waals surface area contributed by atoms with Crippen LogP contribution in [-0.4, -0.2) is 20.8 Å². The Morgan fingerprint density at radius 1 is 1.12 bits per heavy atom. The van der Waals surface area contributed by atoms with Crippen molar-refractivity contribution >= 4 is 15.7 Å². The molecule has 1 rings (SSSR count). The minimum Gasteiger partial charge on any atom is -0.536 e. The first-order valence-corrected chi connectivity index (χ1v) is 9.72. The molecular weight excluding hydrogens is 328 g/mol. The largest absolute Gasteiger partial charge is 0.536 e.